The van der Waals surface area contributed by atoms with Crippen molar-refractivity contribution < 1.29 is 14.0 Å². The number of urea groups is 1. The third-order valence-corrected chi connectivity index (χ3v) is 7.44. The molecule has 0 aliphatic carbocycles. The molecule has 0 bridgehead atoms. The molecule has 2 aromatic rings. The number of piperidine rings is 1. The van der Waals surface area contributed by atoms with Crippen LogP contribution in [0.25, 0.3) is 0 Å². The van der Waals surface area contributed by atoms with Gasteiger partial charge in [0, 0.05) is 56.3 Å². The van der Waals surface area contributed by atoms with Crippen LogP contribution >= 0.6 is 11.3 Å². The van der Waals surface area contributed by atoms with Crippen LogP contribution in [0.1, 0.15) is 42.2 Å². The molecule has 2 aliphatic rings. The van der Waals surface area contributed by atoms with Gasteiger partial charge in [-0.15, -0.1) is 11.3 Å². The molecule has 2 fully saturated rings. The lowest BCUT2D eigenvalue weighted by molar-refractivity contribution is -0.136. The second-order valence-corrected chi connectivity index (χ2v) is 10.1. The molecular weight excluding hydrogens is 441 g/mol. The van der Waals surface area contributed by atoms with Crippen LogP contribution in [-0.2, 0) is 11.2 Å². The van der Waals surface area contributed by atoms with Gasteiger partial charge in [-0.05, 0) is 50.3 Å². The van der Waals surface area contributed by atoms with Gasteiger partial charge >= 0.3 is 6.03 Å². The number of piperazine rings is 1. The van der Waals surface area contributed by atoms with E-state index >= 15 is 0 Å². The number of hydrogen-bond donors (Lipinski definition) is 1. The molecule has 1 aromatic heterocycles. The summed E-state index contributed by atoms with van der Waals surface area (Å²) in [7, 11) is 0. The number of thiazole rings is 1. The molecule has 7 nitrogen and oxygen atoms in total. The number of carbonyl (C=O) groups is 2. The summed E-state index contributed by atoms with van der Waals surface area (Å²) in [6.45, 7) is 7.68. The van der Waals surface area contributed by atoms with Crippen LogP contribution in [0, 0.1) is 12.7 Å². The summed E-state index contributed by atoms with van der Waals surface area (Å²) in [5.41, 5.74) is 1.51. The molecular formula is C24H32FN5O2S. The number of aryl methyl sites for hydroxylation is 1. The third kappa shape index (κ3) is 6.09. The van der Waals surface area contributed by atoms with E-state index in [2.05, 4.69) is 22.1 Å². The molecule has 9 heteroatoms. The van der Waals surface area contributed by atoms with Crippen molar-refractivity contribution in [1.82, 2.24) is 19.7 Å². The highest BCUT2D eigenvalue weighted by Crippen LogP contribution is 2.23. The highest BCUT2D eigenvalue weighted by Gasteiger charge is 2.27. The summed E-state index contributed by atoms with van der Waals surface area (Å²) in [4.78, 5) is 36.5. The van der Waals surface area contributed by atoms with E-state index in [0.29, 0.717) is 55.9 Å². The number of amides is 3. The van der Waals surface area contributed by atoms with Gasteiger partial charge in [0.25, 0.3) is 0 Å². The summed E-state index contributed by atoms with van der Waals surface area (Å²) >= 11 is 1.40. The van der Waals surface area contributed by atoms with Crippen molar-refractivity contribution >= 4 is 28.4 Å². The first kappa shape index (κ1) is 23.6. The van der Waals surface area contributed by atoms with Gasteiger partial charge in [0.05, 0.1) is 6.54 Å². The number of likely N-dealkylation sites (tertiary alicyclic amines) is 1. The number of carbonyl (C=O) groups excluding carboxylic acids is 2. The van der Waals surface area contributed by atoms with Crippen molar-refractivity contribution in [2.24, 2.45) is 0 Å². The zero-order valence-electron chi connectivity index (χ0n) is 19.3. The number of aromatic nitrogens is 1. The lowest BCUT2D eigenvalue weighted by Gasteiger charge is -2.37. The summed E-state index contributed by atoms with van der Waals surface area (Å²) in [5, 5.41) is 3.42. The molecule has 0 radical (unpaired) electrons. The molecule has 1 N–H and O–H groups in total. The maximum absolute atomic E-state index is 13.8. The second-order valence-electron chi connectivity index (χ2n) is 9.02. The molecule has 178 valence electrons. The molecule has 3 heterocycles. The van der Waals surface area contributed by atoms with Crippen LogP contribution in [-0.4, -0.2) is 76.9 Å². The molecule has 1 unspecified atom stereocenters. The Labute approximate surface area is 198 Å². The minimum Gasteiger partial charge on any atom is -0.339 e. The van der Waals surface area contributed by atoms with Gasteiger partial charge in [0.1, 0.15) is 5.82 Å². The zero-order valence-corrected chi connectivity index (χ0v) is 20.2. The van der Waals surface area contributed by atoms with Gasteiger partial charge in [-0.1, -0.05) is 12.1 Å². The minimum atomic E-state index is -0.211. The van der Waals surface area contributed by atoms with E-state index in [-0.39, 0.29) is 17.8 Å². The van der Waals surface area contributed by atoms with E-state index in [1.807, 2.05) is 11.0 Å². The van der Waals surface area contributed by atoms with Crippen molar-refractivity contribution in [3.8, 4) is 0 Å². The summed E-state index contributed by atoms with van der Waals surface area (Å²) in [5.74, 6) is -0.0132. The first-order valence-corrected chi connectivity index (χ1v) is 12.5. The topological polar surface area (TPSA) is 68.8 Å². The number of nitrogens with zero attached hydrogens (tertiary/aromatic N) is 4. The maximum atomic E-state index is 13.8. The summed E-state index contributed by atoms with van der Waals surface area (Å²) in [6.07, 6.45) is 5.67. The normalized spacial score (nSPS) is 19.5. The van der Waals surface area contributed by atoms with Crippen LogP contribution in [0.5, 0.6) is 0 Å². The fourth-order valence-corrected chi connectivity index (χ4v) is 5.26. The van der Waals surface area contributed by atoms with Crippen LogP contribution in [0.3, 0.4) is 0 Å². The molecule has 2 aliphatic heterocycles. The third-order valence-electron chi connectivity index (χ3n) is 6.52. The standard InChI is InChI=1S/C24H32FN5O2S/c1-17-6-7-19(14-21(17)25)13-20-15-26-23(33-20)27-24(32)29-11-9-28(10-12-29)16-22(31)30-8-4-3-5-18(30)2/h6-7,14-15,18H,3-5,8-13,16H2,1-2H3,(H,26,27,32). The van der Waals surface area contributed by atoms with Gasteiger partial charge in [0.15, 0.2) is 5.13 Å². The van der Waals surface area contributed by atoms with E-state index < -0.39 is 0 Å². The monoisotopic (exact) mass is 473 g/mol. The number of halogens is 1. The maximum Gasteiger partial charge on any atom is 0.323 e. The molecule has 0 saturated carbocycles. The lowest BCUT2D eigenvalue weighted by Crippen LogP contribution is -2.53. The van der Waals surface area contributed by atoms with Crippen LogP contribution in [0.2, 0.25) is 0 Å². The predicted molar refractivity (Wildman–Crippen MR) is 128 cm³/mol. The van der Waals surface area contributed by atoms with Gasteiger partial charge in [-0.3, -0.25) is 15.0 Å². The predicted octanol–water partition coefficient (Wildman–Crippen LogP) is 3.73. The Morgan fingerprint density at radius 2 is 1.97 bits per heavy atom. The minimum absolute atomic E-state index is 0.173. The van der Waals surface area contributed by atoms with Gasteiger partial charge in [0.2, 0.25) is 5.91 Å². The van der Waals surface area contributed by atoms with Crippen molar-refractivity contribution in [3.63, 3.8) is 0 Å². The second kappa shape index (κ2) is 10.6. The highest BCUT2D eigenvalue weighted by molar-refractivity contribution is 7.15. The Morgan fingerprint density at radius 3 is 2.70 bits per heavy atom. The first-order chi connectivity index (χ1) is 15.9. The number of benzene rings is 1. The number of rotatable bonds is 5. The Balaban J connectivity index is 1.23. The fraction of sp³-hybridized carbons (Fsp3) is 0.542. The number of nitrogens with one attached hydrogen (secondary N) is 1. The quantitative estimate of drug-likeness (QED) is 0.719. The van der Waals surface area contributed by atoms with Crippen LogP contribution in [0.15, 0.2) is 24.4 Å². The van der Waals surface area contributed by atoms with E-state index in [1.54, 1.807) is 30.2 Å². The van der Waals surface area contributed by atoms with Gasteiger partial charge in [-0.25, -0.2) is 14.2 Å². The summed E-state index contributed by atoms with van der Waals surface area (Å²) < 4.78 is 13.8. The van der Waals surface area contributed by atoms with Crippen molar-refractivity contribution in [2.75, 3.05) is 44.6 Å². The number of anilines is 1. The van der Waals surface area contributed by atoms with Crippen LogP contribution < -0.4 is 5.32 Å². The fourth-order valence-electron chi connectivity index (χ4n) is 4.42. The Kier molecular flexibility index (Phi) is 7.60. The largest absolute Gasteiger partial charge is 0.339 e. The smallest absolute Gasteiger partial charge is 0.323 e. The van der Waals surface area contributed by atoms with E-state index in [0.717, 1.165) is 29.8 Å². The molecule has 1 atom stereocenters. The first-order valence-electron chi connectivity index (χ1n) is 11.7. The Hall–Kier alpha value is -2.52. The Bertz CT molecular complexity index is 989. The average Bonchev–Trinajstić information content (AvgIpc) is 3.23. The number of hydrogen-bond acceptors (Lipinski definition) is 5. The van der Waals surface area contributed by atoms with E-state index in [4.69, 9.17) is 0 Å². The SMILES string of the molecule is Cc1ccc(Cc2cnc(NC(=O)N3CCN(CC(=O)N4CCCCC4C)CC3)s2)cc1F. The molecule has 2 saturated heterocycles. The van der Waals surface area contributed by atoms with Crippen molar-refractivity contribution in [3.05, 3.63) is 46.2 Å². The van der Waals surface area contributed by atoms with E-state index in [1.165, 1.54) is 17.8 Å². The molecule has 1 aromatic carbocycles. The highest BCUT2D eigenvalue weighted by atomic mass is 32.1. The molecule has 33 heavy (non-hydrogen) atoms. The molecule has 3 amide bonds. The summed E-state index contributed by atoms with van der Waals surface area (Å²) in [6, 6.07) is 5.38. The lowest BCUT2D eigenvalue weighted by atomic mass is 10.0. The molecule has 0 spiro atoms. The van der Waals surface area contributed by atoms with Crippen molar-refractivity contribution in [2.45, 2.75) is 45.6 Å². The molecule has 4 rings (SSSR count). The van der Waals surface area contributed by atoms with E-state index in [9.17, 15) is 14.0 Å². The zero-order chi connectivity index (χ0) is 23.4. The average molecular weight is 474 g/mol. The Morgan fingerprint density at radius 1 is 1.18 bits per heavy atom. The van der Waals surface area contributed by atoms with Gasteiger partial charge < -0.3 is 9.80 Å². The van der Waals surface area contributed by atoms with Gasteiger partial charge in [-0.2, -0.15) is 0 Å². The van der Waals surface area contributed by atoms with Crippen molar-refractivity contribution in [1.29, 1.82) is 0 Å². The van der Waals surface area contributed by atoms with Crippen LogP contribution in [0.4, 0.5) is 14.3 Å².